The van der Waals surface area contributed by atoms with Crippen LogP contribution in [-0.2, 0) is 36.1 Å². The zero-order valence-corrected chi connectivity index (χ0v) is 35.1. The standard InChI is InChI=1S/C15H13N3O.C13H14N2O2.C10H11N3O.C9H9N3O/c16-14-12-8-4-5-9-13(12)18(15(19)17-14)10-11-6-2-1-3-7-11;1-9-7-10-5-3-4-6-11(10)13(15-9)14-8-12(16)17-2;1-2-13-8-6-4-3-5-7(8)9(11)12-10(13)14;1-12-7-5-3-2-4-6(7)8(10)11-9(12)13/h1-9H,10H2,(H2,16,17,19);3-6H,1,7-8H2,2H3,(H,14,15);3-6H,2H2,1H3,(H2,11,12,14);2-5H,1H3,(H2,10,11,13). The van der Waals surface area contributed by atoms with Crippen molar-refractivity contribution in [3.8, 4) is 0 Å². The number of hydrogen-bond acceptors (Lipinski definition) is 12. The van der Waals surface area contributed by atoms with Crippen LogP contribution in [0.3, 0.4) is 0 Å². The van der Waals surface area contributed by atoms with E-state index in [-0.39, 0.29) is 35.4 Å². The Morgan fingerprint density at radius 3 is 1.75 bits per heavy atom. The molecular formula is C47H47N11O5. The number of anilines is 3. The van der Waals surface area contributed by atoms with Crippen LogP contribution in [0.15, 0.2) is 159 Å². The number of ether oxygens (including phenoxy) is 1. The lowest BCUT2D eigenvalue weighted by Gasteiger charge is -2.21. The first-order chi connectivity index (χ1) is 30.4. The van der Waals surface area contributed by atoms with Crippen molar-refractivity contribution in [1.82, 2.24) is 34.0 Å². The van der Waals surface area contributed by atoms with Crippen LogP contribution in [0.2, 0.25) is 0 Å². The summed E-state index contributed by atoms with van der Waals surface area (Å²) in [4.78, 5) is 61.3. The number of rotatable bonds is 5. The van der Waals surface area contributed by atoms with Gasteiger partial charge in [-0.2, -0.15) is 15.0 Å². The molecule has 0 fully saturated rings. The molecule has 7 N–H and O–H groups in total. The number of benzene rings is 5. The maximum absolute atomic E-state index is 12.0. The molecule has 3 aromatic heterocycles. The fourth-order valence-corrected chi connectivity index (χ4v) is 6.80. The zero-order chi connectivity index (χ0) is 45.0. The monoisotopic (exact) mass is 845 g/mol. The van der Waals surface area contributed by atoms with E-state index in [0.717, 1.165) is 56.0 Å². The average Bonchev–Trinajstić information content (AvgIpc) is 3.30. The number of aromatic nitrogens is 6. The second kappa shape index (κ2) is 20.2. The molecule has 8 aromatic rings. The molecule has 0 amide bonds. The smallest absolute Gasteiger partial charge is 0.350 e. The molecule has 1 aliphatic rings. The second-order valence-electron chi connectivity index (χ2n) is 14.1. The molecular weight excluding hydrogens is 799 g/mol. The van der Waals surface area contributed by atoms with Crippen LogP contribution >= 0.6 is 0 Å². The zero-order valence-electron chi connectivity index (χ0n) is 35.1. The number of aliphatic imine (C=N–C) groups is 1. The van der Waals surface area contributed by atoms with E-state index in [1.54, 1.807) is 16.2 Å². The summed E-state index contributed by atoms with van der Waals surface area (Å²) in [6.07, 6.45) is 0.785. The summed E-state index contributed by atoms with van der Waals surface area (Å²) in [6, 6.07) is 40.2. The Labute approximate surface area is 361 Å². The van der Waals surface area contributed by atoms with Crippen LogP contribution in [0.1, 0.15) is 23.6 Å². The minimum absolute atomic E-state index is 0.0143. The molecule has 4 heterocycles. The van der Waals surface area contributed by atoms with Gasteiger partial charge < -0.3 is 27.3 Å². The summed E-state index contributed by atoms with van der Waals surface area (Å²) in [5.41, 5.74) is 22.7. The molecule has 0 radical (unpaired) electrons. The highest BCUT2D eigenvalue weighted by molar-refractivity contribution is 6.03. The Kier molecular flexibility index (Phi) is 14.2. The first kappa shape index (κ1) is 44.2. The third kappa shape index (κ3) is 10.5. The first-order valence-electron chi connectivity index (χ1n) is 19.8. The number of carbonyl (C=O) groups is 1. The first-order valence-corrected chi connectivity index (χ1v) is 19.8. The molecule has 9 rings (SSSR count). The molecule has 5 aromatic carbocycles. The van der Waals surface area contributed by atoms with E-state index in [4.69, 9.17) is 17.2 Å². The van der Waals surface area contributed by atoms with Crippen molar-refractivity contribution in [2.45, 2.75) is 26.4 Å². The lowest BCUT2D eigenvalue weighted by molar-refractivity contribution is -0.138. The Balaban J connectivity index is 0.000000141. The molecule has 320 valence electrons. The van der Waals surface area contributed by atoms with Crippen molar-refractivity contribution >= 4 is 62.0 Å². The van der Waals surface area contributed by atoms with Crippen LogP contribution in [0, 0.1) is 0 Å². The molecule has 1 aliphatic heterocycles. The van der Waals surface area contributed by atoms with Crippen molar-refractivity contribution in [2.24, 2.45) is 12.0 Å². The van der Waals surface area contributed by atoms with Gasteiger partial charge in [-0.1, -0.05) is 97.6 Å². The number of nitrogen functional groups attached to an aromatic ring is 3. The maximum atomic E-state index is 12.0. The summed E-state index contributed by atoms with van der Waals surface area (Å²) >= 11 is 0. The number of hydrogen-bond donors (Lipinski definition) is 4. The number of aryl methyl sites for hydroxylation is 2. The quantitative estimate of drug-likeness (QED) is 0.171. The van der Waals surface area contributed by atoms with Gasteiger partial charge in [0.25, 0.3) is 0 Å². The summed E-state index contributed by atoms with van der Waals surface area (Å²) in [7, 11) is 3.03. The van der Waals surface area contributed by atoms with Crippen molar-refractivity contribution in [3.63, 3.8) is 0 Å². The Morgan fingerprint density at radius 2 is 1.16 bits per heavy atom. The maximum Gasteiger partial charge on any atom is 0.350 e. The summed E-state index contributed by atoms with van der Waals surface area (Å²) in [6.45, 7) is 6.92. The number of allylic oxidation sites excluding steroid dienone is 1. The second-order valence-corrected chi connectivity index (χ2v) is 14.1. The van der Waals surface area contributed by atoms with Gasteiger partial charge in [-0.25, -0.2) is 14.4 Å². The molecule has 0 aliphatic carbocycles. The number of fused-ring (bicyclic) bond motifs is 4. The van der Waals surface area contributed by atoms with Crippen LogP contribution in [0.4, 0.5) is 17.5 Å². The van der Waals surface area contributed by atoms with Crippen LogP contribution in [0.5, 0.6) is 0 Å². The van der Waals surface area contributed by atoms with Gasteiger partial charge >= 0.3 is 23.0 Å². The molecule has 16 nitrogen and oxygen atoms in total. The minimum atomic E-state index is -0.354. The highest BCUT2D eigenvalue weighted by Gasteiger charge is 2.17. The van der Waals surface area contributed by atoms with Crippen LogP contribution in [-0.4, -0.2) is 54.1 Å². The van der Waals surface area contributed by atoms with Gasteiger partial charge in [0.15, 0.2) is 0 Å². The van der Waals surface area contributed by atoms with E-state index in [2.05, 4.69) is 36.6 Å². The van der Waals surface area contributed by atoms with E-state index in [0.29, 0.717) is 30.6 Å². The lowest BCUT2D eigenvalue weighted by atomic mass is 9.98. The topological polar surface area (TPSA) is 233 Å². The molecule has 63 heavy (non-hydrogen) atoms. The Bertz CT molecular complexity index is 3160. The summed E-state index contributed by atoms with van der Waals surface area (Å²) in [5.74, 6) is 1.20. The fraction of sp³-hybridized carbons (Fsp3) is 0.149. The van der Waals surface area contributed by atoms with Gasteiger partial charge in [-0.05, 0) is 54.4 Å². The number of nitrogens with two attached hydrogens (primary N) is 3. The van der Waals surface area contributed by atoms with Gasteiger partial charge in [-0.3, -0.25) is 23.5 Å². The SMILES string of the molecule is C=C1Cc2ccccc2C(=NCC(=O)OC)N1.CCn1c(=O)nc(N)c2ccccc21.Cn1c(=O)nc(N)c2ccccc21.Nc1nc(=O)n(Cc2ccccc2)c2ccccc12. The number of nitrogens with one attached hydrogen (secondary N) is 1. The normalized spacial score (nSPS) is 12.2. The van der Waals surface area contributed by atoms with Gasteiger partial charge in [0.2, 0.25) is 0 Å². The van der Waals surface area contributed by atoms with Crippen LogP contribution in [0.25, 0.3) is 32.7 Å². The Morgan fingerprint density at radius 1 is 0.683 bits per heavy atom. The molecule has 0 saturated heterocycles. The van der Waals surface area contributed by atoms with E-state index in [9.17, 15) is 19.2 Å². The molecule has 0 spiro atoms. The third-order valence-corrected chi connectivity index (χ3v) is 9.95. The predicted molar refractivity (Wildman–Crippen MR) is 249 cm³/mol. The molecule has 0 unspecified atom stereocenters. The molecule has 0 atom stereocenters. The number of nitrogens with zero attached hydrogens (tertiary/aromatic N) is 7. The van der Waals surface area contributed by atoms with Gasteiger partial charge in [0.05, 0.1) is 30.2 Å². The summed E-state index contributed by atoms with van der Waals surface area (Å²) < 4.78 is 9.28. The number of amidine groups is 1. The van der Waals surface area contributed by atoms with E-state index < -0.39 is 0 Å². The molecule has 16 heteroatoms. The number of methoxy groups -OCH3 is 1. The molecule has 0 bridgehead atoms. The van der Waals surface area contributed by atoms with Crippen molar-refractivity contribution < 1.29 is 9.53 Å². The highest BCUT2D eigenvalue weighted by atomic mass is 16.5. The van der Waals surface area contributed by atoms with Crippen molar-refractivity contribution in [2.75, 3.05) is 30.9 Å². The number of esters is 1. The third-order valence-electron chi connectivity index (χ3n) is 9.95. The van der Waals surface area contributed by atoms with Gasteiger partial charge in [0, 0.05) is 47.4 Å². The van der Waals surface area contributed by atoms with Gasteiger partial charge in [0.1, 0.15) is 29.8 Å². The highest BCUT2D eigenvalue weighted by Crippen LogP contribution is 2.20. The van der Waals surface area contributed by atoms with Crippen LogP contribution < -0.4 is 39.6 Å². The van der Waals surface area contributed by atoms with E-state index in [1.165, 1.54) is 17.2 Å². The summed E-state index contributed by atoms with van der Waals surface area (Å²) in [5, 5.41) is 5.54. The van der Waals surface area contributed by atoms with Crippen molar-refractivity contribution in [1.29, 1.82) is 0 Å². The average molecular weight is 846 g/mol. The van der Waals surface area contributed by atoms with E-state index in [1.807, 2.05) is 134 Å². The van der Waals surface area contributed by atoms with E-state index >= 15 is 0 Å². The Hall–Kier alpha value is -8.40. The number of para-hydroxylation sites is 3. The minimum Gasteiger partial charge on any atom is -0.468 e. The molecule has 0 saturated carbocycles. The largest absolute Gasteiger partial charge is 0.468 e. The lowest BCUT2D eigenvalue weighted by Crippen LogP contribution is -2.31. The number of carbonyl (C=O) groups excluding carboxylic acids is 1. The predicted octanol–water partition coefficient (Wildman–Crippen LogP) is 4.81. The van der Waals surface area contributed by atoms with Gasteiger partial charge in [-0.15, -0.1) is 0 Å². The van der Waals surface area contributed by atoms with Crippen molar-refractivity contribution in [3.05, 3.63) is 188 Å². The fourth-order valence-electron chi connectivity index (χ4n) is 6.80.